The minimum absolute atomic E-state index is 0.219. The second-order valence-corrected chi connectivity index (χ2v) is 6.48. The van der Waals surface area contributed by atoms with Gasteiger partial charge in [0.1, 0.15) is 6.54 Å². The zero-order chi connectivity index (χ0) is 16.8. The Balaban J connectivity index is 3.98. The molecule has 0 aliphatic heterocycles. The zero-order valence-electron chi connectivity index (χ0n) is 15.4. The summed E-state index contributed by atoms with van der Waals surface area (Å²) in [4.78, 5) is 14.0. The molecule has 0 aliphatic rings. The van der Waals surface area contributed by atoms with Crippen LogP contribution in [0.4, 0.5) is 0 Å². The molecule has 0 saturated carbocycles. The molecule has 4 nitrogen and oxygen atoms in total. The minimum atomic E-state index is 0.219. The van der Waals surface area contributed by atoms with Crippen molar-refractivity contribution in [2.24, 2.45) is 0 Å². The number of unbranched alkanes of at least 4 members (excludes halogenated alkanes) is 5. The van der Waals surface area contributed by atoms with E-state index in [1.807, 2.05) is 11.9 Å². The van der Waals surface area contributed by atoms with Crippen molar-refractivity contribution in [3.63, 3.8) is 0 Å². The quantitative estimate of drug-likeness (QED) is 0.395. The predicted molar refractivity (Wildman–Crippen MR) is 93.8 cm³/mol. The molecule has 1 N–H and O–H groups in total. The van der Waals surface area contributed by atoms with Gasteiger partial charge in [0.25, 0.3) is 0 Å². The Morgan fingerprint density at radius 1 is 0.955 bits per heavy atom. The first kappa shape index (κ1) is 21.4. The van der Waals surface area contributed by atoms with Crippen molar-refractivity contribution in [2.45, 2.75) is 65.7 Å². The lowest BCUT2D eigenvalue weighted by Gasteiger charge is -2.37. The Hall–Kier alpha value is -0.610. The van der Waals surface area contributed by atoms with Crippen LogP contribution >= 0.6 is 0 Å². The molecule has 4 heteroatoms. The van der Waals surface area contributed by atoms with Crippen molar-refractivity contribution in [1.29, 1.82) is 0 Å². The van der Waals surface area contributed by atoms with Crippen molar-refractivity contribution in [3.8, 4) is 0 Å². The van der Waals surface area contributed by atoms with Crippen LogP contribution in [-0.4, -0.2) is 66.8 Å². The summed E-state index contributed by atoms with van der Waals surface area (Å²) in [5, 5.41) is 9.25. The summed E-state index contributed by atoms with van der Waals surface area (Å²) in [6, 6.07) is 0. The number of aliphatic hydroxyl groups excluding tert-OH is 1. The number of nitrogens with zero attached hydrogens (tertiary/aromatic N) is 2. The smallest absolute Gasteiger partial charge is 0.222 e. The van der Waals surface area contributed by atoms with E-state index in [2.05, 4.69) is 20.8 Å². The van der Waals surface area contributed by atoms with E-state index >= 15 is 0 Å². The van der Waals surface area contributed by atoms with E-state index in [0.29, 0.717) is 6.42 Å². The van der Waals surface area contributed by atoms with E-state index in [1.165, 1.54) is 32.1 Å². The lowest BCUT2D eigenvalue weighted by molar-refractivity contribution is -0.924. The molecule has 0 aliphatic carbocycles. The van der Waals surface area contributed by atoms with Crippen LogP contribution in [0.15, 0.2) is 0 Å². The third-order valence-electron chi connectivity index (χ3n) is 5.00. The molecule has 0 spiro atoms. The molecule has 0 aromatic carbocycles. The van der Waals surface area contributed by atoms with Gasteiger partial charge in [0.15, 0.2) is 0 Å². The first-order valence-electron chi connectivity index (χ1n) is 9.25. The maximum absolute atomic E-state index is 12.2. The molecule has 0 atom stereocenters. The highest BCUT2D eigenvalue weighted by molar-refractivity contribution is 5.75. The number of hydrogen-bond donors (Lipinski definition) is 1. The summed E-state index contributed by atoms with van der Waals surface area (Å²) >= 11 is 0. The summed E-state index contributed by atoms with van der Waals surface area (Å²) < 4.78 is 0.894. The van der Waals surface area contributed by atoms with Crippen LogP contribution < -0.4 is 0 Å². The number of rotatable bonds is 14. The van der Waals surface area contributed by atoms with Gasteiger partial charge >= 0.3 is 0 Å². The fourth-order valence-electron chi connectivity index (χ4n) is 2.91. The largest absolute Gasteiger partial charge is 0.391 e. The summed E-state index contributed by atoms with van der Waals surface area (Å²) in [5.41, 5.74) is 0. The summed E-state index contributed by atoms with van der Waals surface area (Å²) in [6.07, 6.45) is 8.01. The fraction of sp³-hybridized carbons (Fsp3) is 0.944. The minimum Gasteiger partial charge on any atom is -0.391 e. The maximum atomic E-state index is 12.2. The number of carbonyl (C=O) groups is 1. The number of aliphatic hydroxyl groups is 1. The molecular weight excluding hydrogens is 276 g/mol. The Kier molecular flexibility index (Phi) is 12.5. The molecule has 0 radical (unpaired) electrons. The van der Waals surface area contributed by atoms with Gasteiger partial charge in [-0.25, -0.2) is 0 Å². The normalized spacial score (nSPS) is 11.7. The lowest BCUT2D eigenvalue weighted by atomic mass is 10.1. The number of likely N-dealkylation sites (N-methyl/N-ethyl adjacent to an activating group) is 2. The van der Waals surface area contributed by atoms with E-state index < -0.39 is 0 Å². The second kappa shape index (κ2) is 12.9. The van der Waals surface area contributed by atoms with Gasteiger partial charge in [-0.2, -0.15) is 0 Å². The first-order valence-corrected chi connectivity index (χ1v) is 9.25. The van der Waals surface area contributed by atoms with Crippen molar-refractivity contribution in [3.05, 3.63) is 0 Å². The van der Waals surface area contributed by atoms with Crippen LogP contribution in [-0.2, 0) is 4.79 Å². The zero-order valence-corrected chi connectivity index (χ0v) is 15.4. The number of amides is 1. The topological polar surface area (TPSA) is 40.5 Å². The molecule has 0 aromatic heterocycles. The van der Waals surface area contributed by atoms with E-state index in [1.54, 1.807) is 0 Å². The number of carbonyl (C=O) groups excluding carboxylic acids is 1. The molecule has 132 valence electrons. The first-order chi connectivity index (χ1) is 10.5. The Bertz CT molecular complexity index is 278. The summed E-state index contributed by atoms with van der Waals surface area (Å²) in [6.45, 7) is 11.3. The average Bonchev–Trinajstić information content (AvgIpc) is 2.54. The van der Waals surface area contributed by atoms with Gasteiger partial charge in [0.2, 0.25) is 5.91 Å². The van der Waals surface area contributed by atoms with Gasteiger partial charge in [0.05, 0.1) is 32.8 Å². The van der Waals surface area contributed by atoms with Crippen LogP contribution in [0.1, 0.15) is 65.7 Å². The van der Waals surface area contributed by atoms with Crippen molar-refractivity contribution in [1.82, 2.24) is 4.90 Å². The lowest BCUT2D eigenvalue weighted by Crippen LogP contribution is -2.53. The third kappa shape index (κ3) is 8.74. The molecule has 0 bridgehead atoms. The van der Waals surface area contributed by atoms with Crippen LogP contribution in [0.3, 0.4) is 0 Å². The number of hydrogen-bond acceptors (Lipinski definition) is 2. The van der Waals surface area contributed by atoms with Crippen molar-refractivity contribution in [2.75, 3.05) is 46.4 Å². The molecule has 0 saturated heterocycles. The Morgan fingerprint density at radius 2 is 1.55 bits per heavy atom. The van der Waals surface area contributed by atoms with Gasteiger partial charge in [-0.3, -0.25) is 4.79 Å². The van der Waals surface area contributed by atoms with Gasteiger partial charge in [0, 0.05) is 13.5 Å². The molecule has 0 rings (SSSR count). The van der Waals surface area contributed by atoms with Gasteiger partial charge in [-0.1, -0.05) is 39.0 Å². The average molecular weight is 316 g/mol. The van der Waals surface area contributed by atoms with E-state index in [-0.39, 0.29) is 12.5 Å². The fourth-order valence-corrected chi connectivity index (χ4v) is 2.91. The van der Waals surface area contributed by atoms with Crippen LogP contribution in [0.2, 0.25) is 0 Å². The monoisotopic (exact) mass is 315 g/mol. The van der Waals surface area contributed by atoms with Gasteiger partial charge < -0.3 is 14.5 Å². The maximum Gasteiger partial charge on any atom is 0.222 e. The summed E-state index contributed by atoms with van der Waals surface area (Å²) in [5.74, 6) is 0.268. The Labute approximate surface area is 138 Å². The van der Waals surface area contributed by atoms with Crippen LogP contribution in [0, 0.1) is 0 Å². The van der Waals surface area contributed by atoms with E-state index in [9.17, 15) is 9.90 Å². The van der Waals surface area contributed by atoms with Crippen LogP contribution in [0.25, 0.3) is 0 Å². The molecule has 1 amide bonds. The van der Waals surface area contributed by atoms with E-state index in [0.717, 1.165) is 43.6 Å². The number of quaternary nitrogens is 1. The predicted octanol–water partition coefficient (Wildman–Crippen LogP) is 3.04. The molecule has 0 unspecified atom stereocenters. The van der Waals surface area contributed by atoms with Crippen LogP contribution in [0.5, 0.6) is 0 Å². The molecular formula is C18H39N2O2+. The second-order valence-electron chi connectivity index (χ2n) is 6.48. The standard InChI is InChI=1S/C18H39N2O2/c1-5-8-9-10-11-12-13-18(22)19(4)14-15-20(6-2,7-3)16-17-21/h21H,5-17H2,1-4H3/q+1. The summed E-state index contributed by atoms with van der Waals surface area (Å²) in [7, 11) is 1.92. The SMILES string of the molecule is CCCCCCCCC(=O)N(C)CC[N+](CC)(CC)CCO. The van der Waals surface area contributed by atoms with Crippen molar-refractivity contribution < 1.29 is 14.4 Å². The molecule has 0 fully saturated rings. The molecule has 0 aromatic rings. The Morgan fingerprint density at radius 3 is 2.09 bits per heavy atom. The highest BCUT2D eigenvalue weighted by Crippen LogP contribution is 2.09. The van der Waals surface area contributed by atoms with Crippen molar-refractivity contribution >= 4 is 5.91 Å². The van der Waals surface area contributed by atoms with Gasteiger partial charge in [-0.15, -0.1) is 0 Å². The highest BCUT2D eigenvalue weighted by Gasteiger charge is 2.23. The van der Waals surface area contributed by atoms with E-state index in [4.69, 9.17) is 0 Å². The molecule has 22 heavy (non-hydrogen) atoms. The third-order valence-corrected chi connectivity index (χ3v) is 5.00. The highest BCUT2D eigenvalue weighted by atomic mass is 16.3. The van der Waals surface area contributed by atoms with Gasteiger partial charge in [-0.05, 0) is 20.3 Å². The molecule has 0 heterocycles.